The van der Waals surface area contributed by atoms with Crippen LogP contribution in [-0.2, 0) is 0 Å². The predicted molar refractivity (Wildman–Crippen MR) is 76.6 cm³/mol. The Morgan fingerprint density at radius 2 is 2.42 bits per heavy atom. The molecule has 2 aromatic rings. The third-order valence-corrected chi connectivity index (χ3v) is 3.75. The number of hydrogen-bond donors (Lipinski definition) is 1. The summed E-state index contributed by atoms with van der Waals surface area (Å²) in [5, 5.41) is 8.10. The lowest BCUT2D eigenvalue weighted by Crippen LogP contribution is -2.38. The Balaban J connectivity index is 1.83. The Kier molecular flexibility index (Phi) is 3.38. The highest BCUT2D eigenvalue weighted by molar-refractivity contribution is 5.46. The molecule has 3 rings (SSSR count). The van der Waals surface area contributed by atoms with Crippen LogP contribution in [-0.4, -0.2) is 40.3 Å². The van der Waals surface area contributed by atoms with Crippen LogP contribution in [0.3, 0.4) is 0 Å². The van der Waals surface area contributed by atoms with Gasteiger partial charge in [-0.05, 0) is 50.9 Å². The first-order valence-corrected chi connectivity index (χ1v) is 7.07. The lowest BCUT2D eigenvalue weighted by Gasteiger charge is -2.22. The zero-order chi connectivity index (χ0) is 13.2. The van der Waals surface area contributed by atoms with E-state index in [1.54, 1.807) is 0 Å². The second kappa shape index (κ2) is 5.17. The van der Waals surface area contributed by atoms with Gasteiger partial charge in [-0.3, -0.25) is 0 Å². The van der Waals surface area contributed by atoms with Crippen LogP contribution in [0.2, 0.25) is 0 Å². The normalized spacial score (nSPS) is 19.2. The van der Waals surface area contributed by atoms with Gasteiger partial charge in [-0.25, -0.2) is 4.52 Å². The fourth-order valence-electron chi connectivity index (χ4n) is 2.64. The molecule has 2 aromatic heterocycles. The quantitative estimate of drug-likeness (QED) is 0.906. The van der Waals surface area contributed by atoms with Gasteiger partial charge in [0.2, 0.25) is 5.95 Å². The van der Waals surface area contributed by atoms with E-state index in [4.69, 9.17) is 0 Å². The molecule has 19 heavy (non-hydrogen) atoms. The van der Waals surface area contributed by atoms with E-state index in [0.29, 0.717) is 6.04 Å². The van der Waals surface area contributed by atoms with E-state index in [-0.39, 0.29) is 0 Å². The summed E-state index contributed by atoms with van der Waals surface area (Å²) in [5.74, 6) is 0.835. The van der Waals surface area contributed by atoms with Crippen LogP contribution in [0.1, 0.15) is 25.3 Å². The molecule has 0 radical (unpaired) electrons. The van der Waals surface area contributed by atoms with Crippen molar-refractivity contribution in [3.05, 3.63) is 23.9 Å². The van der Waals surface area contributed by atoms with E-state index in [9.17, 15) is 0 Å². The molecule has 1 aliphatic rings. The van der Waals surface area contributed by atoms with Gasteiger partial charge >= 0.3 is 0 Å². The zero-order valence-corrected chi connectivity index (χ0v) is 11.6. The van der Waals surface area contributed by atoms with Gasteiger partial charge in [0.1, 0.15) is 0 Å². The minimum atomic E-state index is 0.577. The molecule has 0 amide bonds. The standard InChI is InChI=1S/C14H21N5/c1-3-18(10-12-5-4-7-15-12)14-16-13-9-11(2)6-8-19(13)17-14/h6,8-9,12,15H,3-5,7,10H2,1-2H3. The molecule has 1 unspecified atom stereocenters. The molecule has 1 fully saturated rings. The zero-order valence-electron chi connectivity index (χ0n) is 11.6. The molecular formula is C14H21N5. The maximum absolute atomic E-state index is 4.64. The third-order valence-electron chi connectivity index (χ3n) is 3.75. The predicted octanol–water partition coefficient (Wildman–Crippen LogP) is 1.62. The summed E-state index contributed by atoms with van der Waals surface area (Å²) in [4.78, 5) is 6.89. The third kappa shape index (κ3) is 2.56. The van der Waals surface area contributed by atoms with E-state index in [1.165, 1.54) is 18.4 Å². The molecule has 1 saturated heterocycles. The molecule has 5 heteroatoms. The van der Waals surface area contributed by atoms with E-state index >= 15 is 0 Å². The summed E-state index contributed by atoms with van der Waals surface area (Å²) in [6.07, 6.45) is 4.51. The van der Waals surface area contributed by atoms with Crippen LogP contribution in [0.5, 0.6) is 0 Å². The maximum atomic E-state index is 4.64. The van der Waals surface area contributed by atoms with Crippen molar-refractivity contribution >= 4 is 11.6 Å². The molecule has 5 nitrogen and oxygen atoms in total. The minimum Gasteiger partial charge on any atom is -0.338 e. The van der Waals surface area contributed by atoms with Crippen LogP contribution in [0.4, 0.5) is 5.95 Å². The number of aromatic nitrogens is 3. The molecule has 0 saturated carbocycles. The van der Waals surface area contributed by atoms with Crippen LogP contribution in [0.15, 0.2) is 18.3 Å². The van der Waals surface area contributed by atoms with Crippen molar-refractivity contribution < 1.29 is 0 Å². The number of pyridine rings is 1. The molecule has 1 N–H and O–H groups in total. The van der Waals surface area contributed by atoms with E-state index in [0.717, 1.165) is 31.2 Å². The van der Waals surface area contributed by atoms with E-state index < -0.39 is 0 Å². The van der Waals surface area contributed by atoms with Gasteiger partial charge in [0.15, 0.2) is 5.65 Å². The molecule has 3 heterocycles. The van der Waals surface area contributed by atoms with Gasteiger partial charge in [0.25, 0.3) is 0 Å². The smallest absolute Gasteiger partial charge is 0.245 e. The van der Waals surface area contributed by atoms with Crippen molar-refractivity contribution in [3.8, 4) is 0 Å². The number of fused-ring (bicyclic) bond motifs is 1. The Morgan fingerprint density at radius 3 is 3.16 bits per heavy atom. The fourth-order valence-corrected chi connectivity index (χ4v) is 2.64. The van der Waals surface area contributed by atoms with E-state index in [1.807, 2.05) is 10.7 Å². The molecule has 1 aliphatic heterocycles. The van der Waals surface area contributed by atoms with Gasteiger partial charge < -0.3 is 10.2 Å². The lowest BCUT2D eigenvalue weighted by molar-refractivity contribution is 0.580. The highest BCUT2D eigenvalue weighted by atomic mass is 15.4. The van der Waals surface area contributed by atoms with Crippen molar-refractivity contribution in [3.63, 3.8) is 0 Å². The van der Waals surface area contributed by atoms with Crippen molar-refractivity contribution in [1.29, 1.82) is 0 Å². The highest BCUT2D eigenvalue weighted by Crippen LogP contribution is 2.14. The number of anilines is 1. The van der Waals surface area contributed by atoms with Crippen molar-refractivity contribution in [2.45, 2.75) is 32.7 Å². The summed E-state index contributed by atoms with van der Waals surface area (Å²) in [6.45, 7) is 7.31. The molecule has 102 valence electrons. The number of aryl methyl sites for hydroxylation is 1. The topological polar surface area (TPSA) is 45.5 Å². The Labute approximate surface area is 113 Å². The molecule has 0 bridgehead atoms. The second-order valence-corrected chi connectivity index (χ2v) is 5.25. The Morgan fingerprint density at radius 1 is 1.53 bits per heavy atom. The number of nitrogens with one attached hydrogen (secondary N) is 1. The monoisotopic (exact) mass is 259 g/mol. The van der Waals surface area contributed by atoms with Gasteiger partial charge in [0, 0.05) is 25.3 Å². The largest absolute Gasteiger partial charge is 0.338 e. The average Bonchev–Trinajstić information content (AvgIpc) is 3.03. The van der Waals surface area contributed by atoms with Crippen LogP contribution >= 0.6 is 0 Å². The lowest BCUT2D eigenvalue weighted by atomic mass is 10.2. The van der Waals surface area contributed by atoms with Gasteiger partial charge in [-0.15, -0.1) is 5.10 Å². The van der Waals surface area contributed by atoms with Crippen LogP contribution in [0.25, 0.3) is 5.65 Å². The van der Waals surface area contributed by atoms with Crippen molar-refractivity contribution in [1.82, 2.24) is 19.9 Å². The summed E-state index contributed by atoms with van der Waals surface area (Å²) < 4.78 is 1.85. The number of nitrogens with zero attached hydrogens (tertiary/aromatic N) is 4. The first-order chi connectivity index (χ1) is 9.26. The van der Waals surface area contributed by atoms with E-state index in [2.05, 4.69) is 46.3 Å². The first kappa shape index (κ1) is 12.4. The Hall–Kier alpha value is -1.62. The fraction of sp³-hybridized carbons (Fsp3) is 0.571. The summed E-state index contributed by atoms with van der Waals surface area (Å²) in [6, 6.07) is 4.70. The second-order valence-electron chi connectivity index (χ2n) is 5.25. The molecule has 1 atom stereocenters. The van der Waals surface area contributed by atoms with Gasteiger partial charge in [-0.1, -0.05) is 0 Å². The Bertz CT molecular complexity index is 556. The molecule has 0 spiro atoms. The first-order valence-electron chi connectivity index (χ1n) is 7.07. The molecular weight excluding hydrogens is 238 g/mol. The van der Waals surface area contributed by atoms with Crippen LogP contribution < -0.4 is 10.2 Å². The summed E-state index contributed by atoms with van der Waals surface area (Å²) >= 11 is 0. The van der Waals surface area contributed by atoms with Gasteiger partial charge in [-0.2, -0.15) is 4.98 Å². The number of hydrogen-bond acceptors (Lipinski definition) is 4. The van der Waals surface area contributed by atoms with Crippen molar-refractivity contribution in [2.24, 2.45) is 0 Å². The minimum absolute atomic E-state index is 0.577. The molecule has 0 aromatic carbocycles. The van der Waals surface area contributed by atoms with Gasteiger partial charge in [0.05, 0.1) is 0 Å². The summed E-state index contributed by atoms with van der Waals surface area (Å²) in [5.41, 5.74) is 2.14. The number of rotatable bonds is 4. The maximum Gasteiger partial charge on any atom is 0.245 e. The van der Waals surface area contributed by atoms with Crippen LogP contribution in [0, 0.1) is 6.92 Å². The SMILES string of the molecule is CCN(CC1CCCN1)c1nc2cc(C)ccn2n1. The van der Waals surface area contributed by atoms with Crippen molar-refractivity contribution in [2.75, 3.05) is 24.5 Å². The highest BCUT2D eigenvalue weighted by Gasteiger charge is 2.19. The average molecular weight is 259 g/mol. The number of likely N-dealkylation sites (N-methyl/N-ethyl adjacent to an activating group) is 1. The summed E-state index contributed by atoms with van der Waals surface area (Å²) in [7, 11) is 0. The molecule has 0 aliphatic carbocycles.